The Hall–Kier alpha value is -3.05. The SMILES string of the molecule is O=C(Nc1ccc(N2CC[S+]([O-])CC2)nc1)c1nc(-c2ccccc2)oc1C(F)(F)F. The summed E-state index contributed by atoms with van der Waals surface area (Å²) in [7, 11) is 0. The van der Waals surface area contributed by atoms with Crippen LogP contribution in [0.3, 0.4) is 0 Å². The molecular formula is C20H17F3N4O3S. The lowest BCUT2D eigenvalue weighted by Crippen LogP contribution is -2.40. The van der Waals surface area contributed by atoms with Crippen LogP contribution in [0.15, 0.2) is 53.1 Å². The lowest BCUT2D eigenvalue weighted by atomic mass is 10.2. The molecule has 1 aromatic carbocycles. The summed E-state index contributed by atoms with van der Waals surface area (Å²) in [4.78, 5) is 22.5. The monoisotopic (exact) mass is 450 g/mol. The predicted molar refractivity (Wildman–Crippen MR) is 109 cm³/mol. The molecular weight excluding hydrogens is 433 g/mol. The van der Waals surface area contributed by atoms with Gasteiger partial charge in [0.2, 0.25) is 11.7 Å². The molecule has 0 saturated carbocycles. The zero-order chi connectivity index (χ0) is 22.0. The second-order valence-electron chi connectivity index (χ2n) is 6.75. The Bertz CT molecular complexity index is 1050. The molecule has 1 amide bonds. The smallest absolute Gasteiger partial charge is 0.452 e. The van der Waals surface area contributed by atoms with Crippen molar-refractivity contribution in [1.82, 2.24) is 9.97 Å². The van der Waals surface area contributed by atoms with Crippen molar-refractivity contribution in [3.8, 4) is 11.5 Å². The third-order valence-corrected chi connectivity index (χ3v) is 5.90. The van der Waals surface area contributed by atoms with Crippen LogP contribution in [-0.4, -0.2) is 45.0 Å². The fraction of sp³-hybridized carbons (Fsp3) is 0.250. The third-order valence-electron chi connectivity index (χ3n) is 4.63. The Morgan fingerprint density at radius 3 is 2.45 bits per heavy atom. The lowest BCUT2D eigenvalue weighted by molar-refractivity contribution is -0.153. The maximum atomic E-state index is 13.4. The molecule has 0 unspecified atom stereocenters. The maximum Gasteiger partial charge on any atom is 0.452 e. The first-order valence-corrected chi connectivity index (χ1v) is 10.8. The van der Waals surface area contributed by atoms with Gasteiger partial charge in [0.25, 0.3) is 5.91 Å². The zero-order valence-electron chi connectivity index (χ0n) is 16.1. The molecule has 162 valence electrons. The highest BCUT2D eigenvalue weighted by molar-refractivity contribution is 7.91. The standard InChI is InChI=1S/C20H17F3N4O3S/c21-20(22,23)17-16(26-19(30-17)13-4-2-1-3-5-13)18(28)25-14-6-7-15(24-12-14)27-8-10-31(29)11-9-27/h1-7,12H,8-11H2,(H,25,28). The van der Waals surface area contributed by atoms with E-state index >= 15 is 0 Å². The van der Waals surface area contributed by atoms with E-state index in [1.54, 1.807) is 24.3 Å². The van der Waals surface area contributed by atoms with E-state index in [0.29, 0.717) is 36.0 Å². The van der Waals surface area contributed by atoms with Crippen molar-refractivity contribution in [2.24, 2.45) is 0 Å². The molecule has 0 aliphatic carbocycles. The van der Waals surface area contributed by atoms with E-state index < -0.39 is 34.7 Å². The van der Waals surface area contributed by atoms with Crippen molar-refractivity contribution in [2.75, 3.05) is 34.8 Å². The zero-order valence-corrected chi connectivity index (χ0v) is 16.9. The normalized spacial score (nSPS) is 15.2. The molecule has 3 aromatic rings. The number of aromatic nitrogens is 2. The van der Waals surface area contributed by atoms with Gasteiger partial charge in [-0.1, -0.05) is 29.4 Å². The molecule has 0 atom stereocenters. The number of anilines is 2. The number of benzene rings is 1. The van der Waals surface area contributed by atoms with Crippen molar-refractivity contribution in [1.29, 1.82) is 0 Å². The average Bonchev–Trinajstić information content (AvgIpc) is 3.22. The summed E-state index contributed by atoms with van der Waals surface area (Å²) in [5.74, 6) is -1.07. The highest BCUT2D eigenvalue weighted by Crippen LogP contribution is 2.35. The molecule has 1 fully saturated rings. The Morgan fingerprint density at radius 2 is 1.84 bits per heavy atom. The number of oxazole rings is 1. The number of rotatable bonds is 4. The first kappa shape index (κ1) is 21.2. The molecule has 3 heterocycles. The second-order valence-corrected chi connectivity index (χ2v) is 8.45. The van der Waals surface area contributed by atoms with Gasteiger partial charge in [-0.15, -0.1) is 0 Å². The van der Waals surface area contributed by atoms with Crippen LogP contribution in [0.1, 0.15) is 16.2 Å². The highest BCUT2D eigenvalue weighted by atomic mass is 32.2. The molecule has 7 nitrogen and oxygen atoms in total. The topological polar surface area (TPSA) is 94.3 Å². The van der Waals surface area contributed by atoms with Crippen LogP contribution >= 0.6 is 0 Å². The van der Waals surface area contributed by atoms with Crippen molar-refractivity contribution in [2.45, 2.75) is 6.18 Å². The molecule has 2 aromatic heterocycles. The summed E-state index contributed by atoms with van der Waals surface area (Å²) in [5, 5.41) is 2.38. The predicted octanol–water partition coefficient (Wildman–Crippen LogP) is 3.58. The number of hydrogen-bond acceptors (Lipinski definition) is 6. The minimum Gasteiger partial charge on any atom is -0.616 e. The highest BCUT2D eigenvalue weighted by Gasteiger charge is 2.42. The number of nitrogens with zero attached hydrogens (tertiary/aromatic N) is 3. The number of hydrogen-bond donors (Lipinski definition) is 1. The van der Waals surface area contributed by atoms with E-state index in [1.807, 2.05) is 4.90 Å². The van der Waals surface area contributed by atoms with Gasteiger partial charge in [0.15, 0.2) is 5.69 Å². The van der Waals surface area contributed by atoms with E-state index in [2.05, 4.69) is 15.3 Å². The van der Waals surface area contributed by atoms with Crippen LogP contribution in [-0.2, 0) is 17.4 Å². The number of alkyl halides is 3. The van der Waals surface area contributed by atoms with Crippen LogP contribution in [0.25, 0.3) is 11.5 Å². The largest absolute Gasteiger partial charge is 0.616 e. The van der Waals surface area contributed by atoms with Crippen molar-refractivity contribution in [3.05, 3.63) is 60.1 Å². The summed E-state index contributed by atoms with van der Waals surface area (Å²) in [6.07, 6.45) is -3.53. The summed E-state index contributed by atoms with van der Waals surface area (Å²) in [6.45, 7) is 1.20. The van der Waals surface area contributed by atoms with E-state index in [0.717, 1.165) is 0 Å². The Balaban J connectivity index is 1.53. The first-order chi connectivity index (χ1) is 14.8. The fourth-order valence-electron chi connectivity index (χ4n) is 3.07. The molecule has 1 N–H and O–H groups in total. The summed E-state index contributed by atoms with van der Waals surface area (Å²) in [5.41, 5.74) is -0.318. The van der Waals surface area contributed by atoms with Crippen molar-refractivity contribution < 1.29 is 26.9 Å². The van der Waals surface area contributed by atoms with Gasteiger partial charge in [0.1, 0.15) is 17.3 Å². The quantitative estimate of drug-likeness (QED) is 0.611. The molecule has 11 heteroatoms. The lowest BCUT2D eigenvalue weighted by Gasteiger charge is -2.28. The van der Waals surface area contributed by atoms with Crippen molar-refractivity contribution in [3.63, 3.8) is 0 Å². The van der Waals surface area contributed by atoms with Gasteiger partial charge in [0, 0.05) is 5.56 Å². The maximum absolute atomic E-state index is 13.4. The summed E-state index contributed by atoms with van der Waals surface area (Å²) >= 11 is -0.824. The number of pyridine rings is 1. The summed E-state index contributed by atoms with van der Waals surface area (Å²) < 4.78 is 56.6. The van der Waals surface area contributed by atoms with Crippen LogP contribution in [0.4, 0.5) is 24.7 Å². The number of halogens is 3. The third kappa shape index (κ3) is 4.83. The van der Waals surface area contributed by atoms with Gasteiger partial charge >= 0.3 is 6.18 Å². The van der Waals surface area contributed by atoms with Crippen LogP contribution in [0.2, 0.25) is 0 Å². The van der Waals surface area contributed by atoms with Crippen LogP contribution in [0, 0.1) is 0 Å². The van der Waals surface area contributed by atoms with Gasteiger partial charge < -0.3 is 19.2 Å². The van der Waals surface area contributed by atoms with E-state index in [-0.39, 0.29) is 11.6 Å². The Labute approximate surface area is 178 Å². The van der Waals surface area contributed by atoms with Crippen LogP contribution < -0.4 is 10.2 Å². The molecule has 31 heavy (non-hydrogen) atoms. The van der Waals surface area contributed by atoms with Gasteiger partial charge in [-0.3, -0.25) is 4.79 Å². The van der Waals surface area contributed by atoms with E-state index in [9.17, 15) is 22.5 Å². The van der Waals surface area contributed by atoms with Crippen molar-refractivity contribution >= 4 is 28.6 Å². The molecule has 0 bridgehead atoms. The van der Waals surface area contributed by atoms with Gasteiger partial charge in [-0.2, -0.15) is 13.2 Å². The molecule has 1 aliphatic heterocycles. The summed E-state index contributed by atoms with van der Waals surface area (Å²) in [6, 6.07) is 11.2. The Kier molecular flexibility index (Phi) is 5.88. The van der Waals surface area contributed by atoms with Gasteiger partial charge in [0.05, 0.1) is 25.0 Å². The molecule has 4 rings (SSSR count). The first-order valence-electron chi connectivity index (χ1n) is 9.32. The number of amides is 1. The minimum absolute atomic E-state index is 0.215. The number of carbonyl (C=O) groups excluding carboxylic acids is 1. The number of nitrogens with one attached hydrogen (secondary N) is 1. The average molecular weight is 450 g/mol. The Morgan fingerprint density at radius 1 is 1.13 bits per heavy atom. The van der Waals surface area contributed by atoms with Gasteiger partial charge in [-0.05, 0) is 24.3 Å². The number of carbonyl (C=O) groups is 1. The fourth-order valence-corrected chi connectivity index (χ4v) is 4.13. The van der Waals surface area contributed by atoms with E-state index in [1.165, 1.54) is 24.4 Å². The molecule has 0 radical (unpaired) electrons. The van der Waals surface area contributed by atoms with Gasteiger partial charge in [-0.25, -0.2) is 9.97 Å². The minimum atomic E-state index is -4.89. The molecule has 1 aliphatic rings. The second kappa shape index (κ2) is 8.60. The van der Waals surface area contributed by atoms with Crippen LogP contribution in [0.5, 0.6) is 0 Å². The molecule has 0 spiro atoms. The van der Waals surface area contributed by atoms with E-state index in [4.69, 9.17) is 4.42 Å². The molecule has 1 saturated heterocycles.